The molecule has 1 aromatic heterocycles. The fourth-order valence-corrected chi connectivity index (χ4v) is 2.55. The van der Waals surface area contributed by atoms with Crippen LogP contribution >= 0.6 is 0 Å². The molecular weight excluding hydrogens is 300 g/mol. The van der Waals surface area contributed by atoms with Crippen molar-refractivity contribution in [3.63, 3.8) is 0 Å². The van der Waals surface area contributed by atoms with Crippen molar-refractivity contribution in [1.82, 2.24) is 4.98 Å². The maximum absolute atomic E-state index is 9.54. The van der Waals surface area contributed by atoms with E-state index in [0.29, 0.717) is 0 Å². The molecule has 4 heteroatoms. The molecule has 0 aliphatic heterocycles. The number of rotatable bonds is 6. The highest BCUT2D eigenvalue weighted by atomic mass is 16.5. The van der Waals surface area contributed by atoms with Crippen molar-refractivity contribution in [3.8, 4) is 17.0 Å². The molecule has 0 saturated carbocycles. The number of aryl methyl sites for hydroxylation is 1. The number of aliphatic hydroxyl groups is 1. The molecule has 1 aromatic carbocycles. The summed E-state index contributed by atoms with van der Waals surface area (Å²) in [5.74, 6) is 1.59. The first kappa shape index (κ1) is 18.3. The zero-order valence-corrected chi connectivity index (χ0v) is 15.3. The number of nitrogens with one attached hydrogen (secondary N) is 1. The summed E-state index contributed by atoms with van der Waals surface area (Å²) in [6, 6.07) is 9.94. The maximum Gasteiger partial charge on any atom is 0.128 e. The van der Waals surface area contributed by atoms with E-state index in [9.17, 15) is 5.11 Å². The van der Waals surface area contributed by atoms with Crippen LogP contribution in [-0.2, 0) is 13.0 Å². The summed E-state index contributed by atoms with van der Waals surface area (Å²) in [6.45, 7) is 9.51. The number of aliphatic hydroxyl groups excluding tert-OH is 1. The minimum absolute atomic E-state index is 0.0143. The molecule has 24 heavy (non-hydrogen) atoms. The molecule has 2 aromatic rings. The van der Waals surface area contributed by atoms with Crippen LogP contribution in [0, 0.1) is 5.41 Å². The average molecular weight is 328 g/mol. The molecule has 2 N–H and O–H groups in total. The SMILES string of the molecule is CCc1cc(-c2cccc(NCC(C)(C)C)n2)c(OC)cc1CO. The number of benzene rings is 1. The Balaban J connectivity index is 2.40. The number of nitrogens with zero attached hydrogens (tertiary/aromatic N) is 1. The second-order valence-electron chi connectivity index (χ2n) is 7.16. The summed E-state index contributed by atoms with van der Waals surface area (Å²) in [7, 11) is 1.65. The second kappa shape index (κ2) is 7.67. The van der Waals surface area contributed by atoms with Gasteiger partial charge in [0.05, 0.1) is 19.4 Å². The van der Waals surface area contributed by atoms with Gasteiger partial charge in [0.15, 0.2) is 0 Å². The van der Waals surface area contributed by atoms with Gasteiger partial charge in [-0.05, 0) is 47.2 Å². The quantitative estimate of drug-likeness (QED) is 0.831. The van der Waals surface area contributed by atoms with E-state index in [-0.39, 0.29) is 12.0 Å². The van der Waals surface area contributed by atoms with Gasteiger partial charge < -0.3 is 15.2 Å². The number of methoxy groups -OCH3 is 1. The minimum Gasteiger partial charge on any atom is -0.496 e. The lowest BCUT2D eigenvalue weighted by Crippen LogP contribution is -2.19. The molecule has 0 bridgehead atoms. The van der Waals surface area contributed by atoms with E-state index in [4.69, 9.17) is 9.72 Å². The van der Waals surface area contributed by atoms with E-state index in [0.717, 1.165) is 46.9 Å². The smallest absolute Gasteiger partial charge is 0.128 e. The normalized spacial score (nSPS) is 11.4. The van der Waals surface area contributed by atoms with Crippen LogP contribution in [0.1, 0.15) is 38.8 Å². The molecule has 0 aliphatic carbocycles. The van der Waals surface area contributed by atoms with Crippen molar-refractivity contribution in [2.45, 2.75) is 40.7 Å². The van der Waals surface area contributed by atoms with Crippen LogP contribution in [0.3, 0.4) is 0 Å². The molecule has 0 spiro atoms. The third-order valence-electron chi connectivity index (χ3n) is 3.90. The Labute approximate surface area is 144 Å². The van der Waals surface area contributed by atoms with Crippen molar-refractivity contribution in [2.75, 3.05) is 19.0 Å². The first-order valence-corrected chi connectivity index (χ1v) is 8.40. The number of hydrogen-bond donors (Lipinski definition) is 2. The van der Waals surface area contributed by atoms with E-state index in [1.807, 2.05) is 24.3 Å². The Hall–Kier alpha value is -2.07. The monoisotopic (exact) mass is 328 g/mol. The molecule has 0 atom stereocenters. The molecule has 4 nitrogen and oxygen atoms in total. The van der Waals surface area contributed by atoms with Gasteiger partial charge in [-0.3, -0.25) is 0 Å². The van der Waals surface area contributed by atoms with Gasteiger partial charge in [0.1, 0.15) is 11.6 Å². The predicted molar refractivity (Wildman–Crippen MR) is 99.5 cm³/mol. The minimum atomic E-state index is 0.0143. The number of pyridine rings is 1. The molecular formula is C20H28N2O2. The molecule has 0 unspecified atom stereocenters. The molecule has 0 radical (unpaired) electrons. The van der Waals surface area contributed by atoms with Crippen molar-refractivity contribution in [2.24, 2.45) is 5.41 Å². The molecule has 1 heterocycles. The number of anilines is 1. The fraction of sp³-hybridized carbons (Fsp3) is 0.450. The van der Waals surface area contributed by atoms with Gasteiger partial charge >= 0.3 is 0 Å². The fourth-order valence-electron chi connectivity index (χ4n) is 2.55. The zero-order chi connectivity index (χ0) is 17.7. The maximum atomic E-state index is 9.54. The zero-order valence-electron chi connectivity index (χ0n) is 15.3. The summed E-state index contributed by atoms with van der Waals surface area (Å²) in [5, 5.41) is 12.9. The largest absolute Gasteiger partial charge is 0.496 e. The Kier molecular flexibility index (Phi) is 5.84. The average Bonchev–Trinajstić information content (AvgIpc) is 2.58. The highest BCUT2D eigenvalue weighted by Gasteiger charge is 2.14. The van der Waals surface area contributed by atoms with Gasteiger partial charge in [0, 0.05) is 12.1 Å². The summed E-state index contributed by atoms with van der Waals surface area (Å²) < 4.78 is 5.52. The van der Waals surface area contributed by atoms with Crippen LogP contribution in [-0.4, -0.2) is 23.7 Å². The van der Waals surface area contributed by atoms with Crippen LogP contribution in [0.25, 0.3) is 11.3 Å². The van der Waals surface area contributed by atoms with Gasteiger partial charge in [0.25, 0.3) is 0 Å². The Morgan fingerprint density at radius 3 is 2.50 bits per heavy atom. The summed E-state index contributed by atoms with van der Waals surface area (Å²) >= 11 is 0. The van der Waals surface area contributed by atoms with Crippen LogP contribution in [0.5, 0.6) is 5.75 Å². The van der Waals surface area contributed by atoms with Gasteiger partial charge in [0.2, 0.25) is 0 Å². The van der Waals surface area contributed by atoms with Crippen LogP contribution in [0.15, 0.2) is 30.3 Å². The van der Waals surface area contributed by atoms with Crippen molar-refractivity contribution in [3.05, 3.63) is 41.5 Å². The molecule has 130 valence electrons. The standard InChI is InChI=1S/C20H28N2O2/c1-6-14-10-16(18(24-5)11-15(14)12-23)17-8-7-9-19(22-17)21-13-20(2,3)4/h7-11,23H,6,12-13H2,1-5H3,(H,21,22). The van der Waals surface area contributed by atoms with Crippen molar-refractivity contribution < 1.29 is 9.84 Å². The Morgan fingerprint density at radius 1 is 1.17 bits per heavy atom. The summed E-state index contributed by atoms with van der Waals surface area (Å²) in [5.41, 5.74) is 4.02. The number of aromatic nitrogens is 1. The van der Waals surface area contributed by atoms with Gasteiger partial charge in [-0.15, -0.1) is 0 Å². The third-order valence-corrected chi connectivity index (χ3v) is 3.90. The van der Waals surface area contributed by atoms with E-state index in [1.54, 1.807) is 7.11 Å². The summed E-state index contributed by atoms with van der Waals surface area (Å²) in [6.07, 6.45) is 0.856. The van der Waals surface area contributed by atoms with Gasteiger partial charge in [-0.1, -0.05) is 33.8 Å². The second-order valence-corrected chi connectivity index (χ2v) is 7.16. The van der Waals surface area contributed by atoms with Crippen LogP contribution < -0.4 is 10.1 Å². The van der Waals surface area contributed by atoms with E-state index in [1.165, 1.54) is 0 Å². The lowest BCUT2D eigenvalue weighted by Gasteiger charge is -2.19. The highest BCUT2D eigenvalue weighted by Crippen LogP contribution is 2.33. The topological polar surface area (TPSA) is 54.4 Å². The van der Waals surface area contributed by atoms with Gasteiger partial charge in [-0.2, -0.15) is 0 Å². The molecule has 0 fully saturated rings. The van der Waals surface area contributed by atoms with E-state index in [2.05, 4.69) is 39.1 Å². The van der Waals surface area contributed by atoms with Gasteiger partial charge in [-0.25, -0.2) is 4.98 Å². The lowest BCUT2D eigenvalue weighted by molar-refractivity contribution is 0.280. The molecule has 0 saturated heterocycles. The van der Waals surface area contributed by atoms with E-state index < -0.39 is 0 Å². The number of ether oxygens (including phenoxy) is 1. The predicted octanol–water partition coefficient (Wildman–Crippen LogP) is 4.27. The first-order valence-electron chi connectivity index (χ1n) is 8.40. The molecule has 2 rings (SSSR count). The first-order chi connectivity index (χ1) is 11.4. The van der Waals surface area contributed by atoms with E-state index >= 15 is 0 Å². The number of hydrogen-bond acceptors (Lipinski definition) is 4. The van der Waals surface area contributed by atoms with Crippen LogP contribution in [0.4, 0.5) is 5.82 Å². The van der Waals surface area contributed by atoms with Crippen LogP contribution in [0.2, 0.25) is 0 Å². The van der Waals surface area contributed by atoms with Crippen molar-refractivity contribution in [1.29, 1.82) is 0 Å². The Bertz CT molecular complexity index is 691. The third kappa shape index (κ3) is 4.48. The van der Waals surface area contributed by atoms with Crippen molar-refractivity contribution >= 4 is 5.82 Å². The molecule has 0 aliphatic rings. The highest BCUT2D eigenvalue weighted by molar-refractivity contribution is 5.70. The Morgan fingerprint density at radius 2 is 1.92 bits per heavy atom. The lowest BCUT2D eigenvalue weighted by atomic mass is 9.97. The summed E-state index contributed by atoms with van der Waals surface area (Å²) in [4.78, 5) is 4.73. The molecule has 0 amide bonds.